The number of carbonyl (C=O) groups is 2. The Morgan fingerprint density at radius 3 is 2.10 bits per heavy atom. The fourth-order valence-electron chi connectivity index (χ4n) is 4.63. The van der Waals surface area contributed by atoms with Crippen molar-refractivity contribution < 1.29 is 19.8 Å². The average Bonchev–Trinajstić information content (AvgIpc) is 3.41. The first-order valence-corrected chi connectivity index (χ1v) is 15.2. The van der Waals surface area contributed by atoms with Crippen LogP contribution < -0.4 is 16.4 Å². The molecule has 0 unspecified atom stereocenters. The summed E-state index contributed by atoms with van der Waals surface area (Å²) in [5, 5.41) is 29.5. The van der Waals surface area contributed by atoms with Crippen molar-refractivity contribution in [3.05, 3.63) is 87.9 Å². The molecule has 0 saturated carbocycles. The van der Waals surface area contributed by atoms with Gasteiger partial charge in [-0.3, -0.25) is 4.79 Å². The van der Waals surface area contributed by atoms with Gasteiger partial charge in [0.15, 0.2) is 0 Å². The Kier molecular flexibility index (Phi) is 12.0. The van der Waals surface area contributed by atoms with Crippen molar-refractivity contribution in [3.8, 4) is 0 Å². The van der Waals surface area contributed by atoms with Gasteiger partial charge in [0.05, 0.1) is 18.3 Å². The minimum Gasteiger partial charge on any atom is -0.391 e. The maximum absolute atomic E-state index is 13.6. The molecule has 3 aromatic rings. The van der Waals surface area contributed by atoms with E-state index in [4.69, 9.17) is 5.73 Å². The van der Waals surface area contributed by atoms with Crippen LogP contribution >= 0.6 is 11.3 Å². The molecule has 4 atom stereocenters. The molecule has 1 aromatic heterocycles. The number of carbonyl (C=O) groups excluding carboxylic acids is 2. The van der Waals surface area contributed by atoms with Crippen molar-refractivity contribution in [1.82, 2.24) is 20.5 Å². The summed E-state index contributed by atoms with van der Waals surface area (Å²) in [6, 6.07) is 17.4. The maximum atomic E-state index is 13.6. The number of aliphatic hydroxyl groups excluding tert-OH is 1. The molecule has 0 aliphatic rings. The van der Waals surface area contributed by atoms with Crippen molar-refractivity contribution in [1.29, 1.82) is 0 Å². The maximum Gasteiger partial charge on any atom is 0.318 e. The Hall–Kier alpha value is -3.31. The number of thiazole rings is 1. The predicted octanol–water partition coefficient (Wildman–Crippen LogP) is 3.59. The molecule has 0 fully saturated rings. The highest BCUT2D eigenvalue weighted by molar-refractivity contribution is 7.09. The second-order valence-corrected chi connectivity index (χ2v) is 12.6. The lowest BCUT2D eigenvalue weighted by Gasteiger charge is -2.29. The number of urea groups is 1. The van der Waals surface area contributed by atoms with Crippen LogP contribution in [0.1, 0.15) is 55.9 Å². The summed E-state index contributed by atoms with van der Waals surface area (Å²) in [5.74, 6) is -0.513. The lowest BCUT2D eigenvalue weighted by Crippen LogP contribution is -2.55. The zero-order chi connectivity index (χ0) is 30.9. The van der Waals surface area contributed by atoms with E-state index < -0.39 is 35.9 Å². The van der Waals surface area contributed by atoms with Gasteiger partial charge < -0.3 is 31.5 Å². The first-order chi connectivity index (χ1) is 19.8. The van der Waals surface area contributed by atoms with Gasteiger partial charge in [0.1, 0.15) is 16.7 Å². The zero-order valence-electron chi connectivity index (χ0n) is 25.2. The number of hydrogen-bond donors (Lipinski definition) is 5. The Morgan fingerprint density at radius 2 is 1.57 bits per heavy atom. The molecule has 0 aliphatic heterocycles. The van der Waals surface area contributed by atoms with Gasteiger partial charge in [0.2, 0.25) is 5.91 Å². The number of nitrogens with one attached hydrogen (secondary N) is 2. The van der Waals surface area contributed by atoms with E-state index in [9.17, 15) is 19.8 Å². The number of benzene rings is 2. The molecule has 9 nitrogen and oxygen atoms in total. The van der Waals surface area contributed by atoms with E-state index in [-0.39, 0.29) is 24.8 Å². The van der Waals surface area contributed by atoms with E-state index in [1.54, 1.807) is 20.9 Å². The topological polar surface area (TPSA) is 141 Å². The number of rotatable bonds is 14. The molecule has 0 bridgehead atoms. The highest BCUT2D eigenvalue weighted by Gasteiger charge is 2.29. The van der Waals surface area contributed by atoms with Gasteiger partial charge in [-0.15, -0.1) is 11.3 Å². The molecular formula is C32H45N5O4S. The molecule has 6 N–H and O–H groups in total. The summed E-state index contributed by atoms with van der Waals surface area (Å²) >= 11 is 1.34. The Morgan fingerprint density at radius 1 is 1.00 bits per heavy atom. The number of hydrogen-bond acceptors (Lipinski definition) is 7. The third kappa shape index (κ3) is 10.2. The molecule has 3 amide bonds. The number of amides is 3. The smallest absolute Gasteiger partial charge is 0.318 e. The second-order valence-electron chi connectivity index (χ2n) is 11.8. The summed E-state index contributed by atoms with van der Waals surface area (Å²) in [4.78, 5) is 32.5. The van der Waals surface area contributed by atoms with Crippen LogP contribution in [-0.2, 0) is 29.8 Å². The first kappa shape index (κ1) is 33.2. The summed E-state index contributed by atoms with van der Waals surface area (Å²) in [6.45, 7) is 7.31. The molecule has 0 aliphatic carbocycles. The SMILES string of the molecule is CC(C)[C@H](NC(=O)N(C)Cc1csc(C(C)(C)O)n1)C(=O)N[C@@H](Cc1ccccc1)C[C@H](O)[C@H](N)Cc1ccccc1. The normalized spacial score (nSPS) is 14.6. The van der Waals surface area contributed by atoms with Crippen LogP contribution in [0.25, 0.3) is 0 Å². The van der Waals surface area contributed by atoms with Crippen LogP contribution in [0.3, 0.4) is 0 Å². The number of aliphatic hydroxyl groups is 2. The quantitative estimate of drug-likeness (QED) is 0.193. The van der Waals surface area contributed by atoms with Crippen LogP contribution in [0, 0.1) is 5.92 Å². The molecule has 42 heavy (non-hydrogen) atoms. The van der Waals surface area contributed by atoms with E-state index in [1.165, 1.54) is 16.2 Å². The largest absolute Gasteiger partial charge is 0.391 e. The van der Waals surface area contributed by atoms with Crippen molar-refractivity contribution in [3.63, 3.8) is 0 Å². The Balaban J connectivity index is 1.67. The van der Waals surface area contributed by atoms with E-state index in [2.05, 4.69) is 15.6 Å². The van der Waals surface area contributed by atoms with E-state index in [0.717, 1.165) is 11.1 Å². The second kappa shape index (κ2) is 15.2. The molecule has 1 heterocycles. The fourth-order valence-corrected chi connectivity index (χ4v) is 5.46. The van der Waals surface area contributed by atoms with Gasteiger partial charge in [0.25, 0.3) is 0 Å². The predicted molar refractivity (Wildman–Crippen MR) is 167 cm³/mol. The lowest BCUT2D eigenvalue weighted by atomic mass is 9.93. The van der Waals surface area contributed by atoms with Crippen LogP contribution in [0.2, 0.25) is 0 Å². The van der Waals surface area contributed by atoms with Gasteiger partial charge >= 0.3 is 6.03 Å². The van der Waals surface area contributed by atoms with Gasteiger partial charge in [0, 0.05) is 24.5 Å². The van der Waals surface area contributed by atoms with Crippen molar-refractivity contribution in [2.45, 2.75) is 83.3 Å². The number of nitrogens with zero attached hydrogens (tertiary/aromatic N) is 2. The fraction of sp³-hybridized carbons (Fsp3) is 0.469. The van der Waals surface area contributed by atoms with Gasteiger partial charge in [-0.1, -0.05) is 74.5 Å². The van der Waals surface area contributed by atoms with Crippen molar-refractivity contribution in [2.24, 2.45) is 11.7 Å². The van der Waals surface area contributed by atoms with Gasteiger partial charge in [-0.2, -0.15) is 0 Å². The molecule has 0 spiro atoms. The molecule has 0 saturated heterocycles. The van der Waals surface area contributed by atoms with Crippen LogP contribution in [-0.4, -0.2) is 63.3 Å². The third-order valence-electron chi connectivity index (χ3n) is 7.05. The van der Waals surface area contributed by atoms with E-state index >= 15 is 0 Å². The molecule has 3 rings (SSSR count). The first-order valence-electron chi connectivity index (χ1n) is 14.3. The van der Waals surface area contributed by atoms with Gasteiger partial charge in [-0.25, -0.2) is 9.78 Å². The minimum atomic E-state index is -1.06. The molecular weight excluding hydrogens is 550 g/mol. The zero-order valence-corrected chi connectivity index (χ0v) is 26.0. The third-order valence-corrected chi connectivity index (χ3v) is 8.26. The minimum absolute atomic E-state index is 0.189. The molecule has 0 radical (unpaired) electrons. The number of aromatic nitrogens is 1. The summed E-state index contributed by atoms with van der Waals surface area (Å²) in [7, 11) is 1.64. The number of nitrogens with two attached hydrogens (primary N) is 1. The summed E-state index contributed by atoms with van der Waals surface area (Å²) < 4.78 is 0. The molecule has 2 aromatic carbocycles. The molecule has 10 heteroatoms. The van der Waals surface area contributed by atoms with Gasteiger partial charge in [-0.05, 0) is 50.2 Å². The highest BCUT2D eigenvalue weighted by atomic mass is 32.1. The van der Waals surface area contributed by atoms with E-state index in [1.807, 2.05) is 79.9 Å². The summed E-state index contributed by atoms with van der Waals surface area (Å²) in [6.07, 6.45) is 0.444. The highest BCUT2D eigenvalue weighted by Crippen LogP contribution is 2.24. The Labute approximate surface area is 253 Å². The van der Waals surface area contributed by atoms with E-state index in [0.29, 0.717) is 23.5 Å². The van der Waals surface area contributed by atoms with Crippen molar-refractivity contribution in [2.75, 3.05) is 7.05 Å². The standard InChI is InChI=1S/C32H45N5O4S/c1-21(2)28(36-31(40)37(5)19-25-20-42-30(35-25)32(3,4)41)29(39)34-24(16-22-12-8-6-9-13-22)18-27(38)26(33)17-23-14-10-7-11-15-23/h6-15,20-21,24,26-28,38,41H,16-19,33H2,1-5H3,(H,34,39)(H,36,40)/t24-,26+,27-,28-/m0/s1. The van der Waals surface area contributed by atoms with Crippen LogP contribution in [0.5, 0.6) is 0 Å². The molecule has 228 valence electrons. The van der Waals surface area contributed by atoms with Crippen molar-refractivity contribution >= 4 is 23.3 Å². The average molecular weight is 596 g/mol. The van der Waals surface area contributed by atoms with Crippen LogP contribution in [0.4, 0.5) is 4.79 Å². The lowest BCUT2D eigenvalue weighted by molar-refractivity contribution is -0.124. The monoisotopic (exact) mass is 595 g/mol. The van der Waals surface area contributed by atoms with Crippen LogP contribution in [0.15, 0.2) is 66.0 Å². The Bertz CT molecular complexity index is 1260. The summed E-state index contributed by atoms with van der Waals surface area (Å²) in [5.41, 5.74) is 8.03.